The lowest BCUT2D eigenvalue weighted by Crippen LogP contribution is -2.41. The second-order valence-corrected chi connectivity index (χ2v) is 6.06. The fourth-order valence-corrected chi connectivity index (χ4v) is 2.33. The lowest BCUT2D eigenvalue weighted by Gasteiger charge is -2.33. The molecular formula is C13H30N2S. The van der Waals surface area contributed by atoms with Gasteiger partial charge in [0.15, 0.2) is 0 Å². The second-order valence-electron chi connectivity index (χ2n) is 5.07. The molecule has 0 amide bonds. The highest BCUT2D eigenvalue weighted by Gasteiger charge is 2.23. The first-order chi connectivity index (χ1) is 7.58. The summed E-state index contributed by atoms with van der Waals surface area (Å²) in [7, 11) is 2.24. The average molecular weight is 246 g/mol. The minimum Gasteiger partial charge on any atom is -0.316 e. The lowest BCUT2D eigenvalue weighted by atomic mass is 9.87. The van der Waals surface area contributed by atoms with Crippen molar-refractivity contribution in [2.24, 2.45) is 5.41 Å². The van der Waals surface area contributed by atoms with E-state index in [9.17, 15) is 0 Å². The SMILES string of the molecule is CCCNCC(C)(CC)CN(C)CCSC. The van der Waals surface area contributed by atoms with Crippen LogP contribution in [0.1, 0.15) is 33.6 Å². The van der Waals surface area contributed by atoms with Crippen LogP contribution in [0.15, 0.2) is 0 Å². The number of hydrogen-bond donors (Lipinski definition) is 1. The van der Waals surface area contributed by atoms with E-state index in [0.29, 0.717) is 5.41 Å². The molecule has 0 aromatic heterocycles. The molecule has 0 rings (SSSR count). The third kappa shape index (κ3) is 7.53. The van der Waals surface area contributed by atoms with Gasteiger partial charge in [-0.15, -0.1) is 0 Å². The quantitative estimate of drug-likeness (QED) is 0.597. The lowest BCUT2D eigenvalue weighted by molar-refractivity contribution is 0.187. The summed E-state index contributed by atoms with van der Waals surface area (Å²) in [5.41, 5.74) is 0.419. The van der Waals surface area contributed by atoms with E-state index < -0.39 is 0 Å². The van der Waals surface area contributed by atoms with Crippen LogP contribution in [0.5, 0.6) is 0 Å². The van der Waals surface area contributed by atoms with Crippen LogP contribution in [-0.4, -0.2) is 50.1 Å². The van der Waals surface area contributed by atoms with Crippen molar-refractivity contribution in [3.05, 3.63) is 0 Å². The Morgan fingerprint density at radius 2 is 2.00 bits per heavy atom. The molecule has 0 aliphatic heterocycles. The Morgan fingerprint density at radius 3 is 2.50 bits per heavy atom. The van der Waals surface area contributed by atoms with E-state index in [-0.39, 0.29) is 0 Å². The van der Waals surface area contributed by atoms with Crippen molar-refractivity contribution in [2.75, 3.05) is 45.2 Å². The Morgan fingerprint density at radius 1 is 1.31 bits per heavy atom. The molecule has 0 spiro atoms. The predicted molar refractivity (Wildman–Crippen MR) is 77.4 cm³/mol. The minimum atomic E-state index is 0.419. The van der Waals surface area contributed by atoms with Gasteiger partial charge in [-0.05, 0) is 38.1 Å². The maximum Gasteiger partial charge on any atom is 0.00694 e. The molecule has 1 atom stereocenters. The maximum atomic E-state index is 3.56. The summed E-state index contributed by atoms with van der Waals surface area (Å²) in [5.74, 6) is 1.23. The van der Waals surface area contributed by atoms with E-state index in [1.165, 1.54) is 31.7 Å². The molecule has 3 heteroatoms. The van der Waals surface area contributed by atoms with E-state index in [2.05, 4.69) is 44.3 Å². The van der Waals surface area contributed by atoms with Crippen molar-refractivity contribution in [3.63, 3.8) is 0 Å². The van der Waals surface area contributed by atoms with Gasteiger partial charge in [-0.1, -0.05) is 20.8 Å². The molecule has 1 unspecified atom stereocenters. The van der Waals surface area contributed by atoms with E-state index in [1.54, 1.807) is 0 Å². The van der Waals surface area contributed by atoms with Gasteiger partial charge in [0.25, 0.3) is 0 Å². The van der Waals surface area contributed by atoms with Crippen molar-refractivity contribution in [2.45, 2.75) is 33.6 Å². The summed E-state index contributed by atoms with van der Waals surface area (Å²) in [6.07, 6.45) is 4.64. The van der Waals surface area contributed by atoms with Crippen LogP contribution < -0.4 is 5.32 Å². The molecular weight excluding hydrogens is 216 g/mol. The summed E-state index contributed by atoms with van der Waals surface area (Å²) in [6.45, 7) is 11.6. The smallest absolute Gasteiger partial charge is 0.00694 e. The number of nitrogens with zero attached hydrogens (tertiary/aromatic N) is 1. The largest absolute Gasteiger partial charge is 0.316 e. The minimum absolute atomic E-state index is 0.419. The van der Waals surface area contributed by atoms with Gasteiger partial charge in [-0.2, -0.15) is 11.8 Å². The fraction of sp³-hybridized carbons (Fsp3) is 1.00. The Balaban J connectivity index is 3.93. The molecule has 1 N–H and O–H groups in total. The normalized spacial score (nSPS) is 15.4. The third-order valence-electron chi connectivity index (χ3n) is 3.16. The number of rotatable bonds is 10. The zero-order valence-corrected chi connectivity index (χ0v) is 12.6. The number of nitrogens with one attached hydrogen (secondary N) is 1. The van der Waals surface area contributed by atoms with Gasteiger partial charge >= 0.3 is 0 Å². The number of thioether (sulfide) groups is 1. The highest BCUT2D eigenvalue weighted by atomic mass is 32.2. The standard InChI is InChI=1S/C13H30N2S/c1-6-8-14-11-13(3,7-2)12-15(4)9-10-16-5/h14H,6-12H2,1-5H3. The maximum absolute atomic E-state index is 3.56. The highest BCUT2D eigenvalue weighted by Crippen LogP contribution is 2.21. The molecule has 0 saturated heterocycles. The van der Waals surface area contributed by atoms with Gasteiger partial charge in [0.2, 0.25) is 0 Å². The van der Waals surface area contributed by atoms with Gasteiger partial charge in [0.1, 0.15) is 0 Å². The van der Waals surface area contributed by atoms with Crippen molar-refractivity contribution < 1.29 is 0 Å². The van der Waals surface area contributed by atoms with Gasteiger partial charge in [-0.3, -0.25) is 0 Å². The molecule has 0 fully saturated rings. The Kier molecular flexibility index (Phi) is 9.47. The molecule has 0 aromatic carbocycles. The van der Waals surface area contributed by atoms with E-state index in [1.807, 2.05) is 11.8 Å². The van der Waals surface area contributed by atoms with Crippen LogP contribution in [0.4, 0.5) is 0 Å². The van der Waals surface area contributed by atoms with Gasteiger partial charge in [-0.25, -0.2) is 0 Å². The molecule has 0 aliphatic carbocycles. The first kappa shape index (κ1) is 16.3. The van der Waals surface area contributed by atoms with E-state index in [4.69, 9.17) is 0 Å². The average Bonchev–Trinajstić information content (AvgIpc) is 2.26. The molecule has 98 valence electrons. The monoisotopic (exact) mass is 246 g/mol. The van der Waals surface area contributed by atoms with E-state index >= 15 is 0 Å². The summed E-state index contributed by atoms with van der Waals surface area (Å²) >= 11 is 1.93. The fourth-order valence-electron chi connectivity index (χ4n) is 1.84. The molecule has 0 radical (unpaired) electrons. The Labute approximate surface area is 107 Å². The molecule has 16 heavy (non-hydrogen) atoms. The van der Waals surface area contributed by atoms with Gasteiger partial charge in [0, 0.05) is 25.4 Å². The zero-order chi connectivity index (χ0) is 12.4. The summed E-state index contributed by atoms with van der Waals surface area (Å²) < 4.78 is 0. The molecule has 0 heterocycles. The molecule has 2 nitrogen and oxygen atoms in total. The first-order valence-corrected chi connectivity index (χ1v) is 7.85. The summed E-state index contributed by atoms with van der Waals surface area (Å²) in [6, 6.07) is 0. The molecule has 0 aliphatic rings. The Bertz CT molecular complexity index is 164. The van der Waals surface area contributed by atoms with Crippen LogP contribution in [0.25, 0.3) is 0 Å². The van der Waals surface area contributed by atoms with Crippen LogP contribution >= 0.6 is 11.8 Å². The van der Waals surface area contributed by atoms with Crippen LogP contribution in [-0.2, 0) is 0 Å². The van der Waals surface area contributed by atoms with Crippen molar-refractivity contribution in [1.29, 1.82) is 0 Å². The van der Waals surface area contributed by atoms with Crippen LogP contribution in [0, 0.1) is 5.41 Å². The van der Waals surface area contributed by atoms with Gasteiger partial charge in [0.05, 0.1) is 0 Å². The van der Waals surface area contributed by atoms with Crippen molar-refractivity contribution >= 4 is 11.8 Å². The van der Waals surface area contributed by atoms with Crippen LogP contribution in [0.3, 0.4) is 0 Å². The number of hydrogen-bond acceptors (Lipinski definition) is 3. The first-order valence-electron chi connectivity index (χ1n) is 6.46. The molecule has 0 saturated carbocycles. The van der Waals surface area contributed by atoms with E-state index in [0.717, 1.165) is 13.1 Å². The van der Waals surface area contributed by atoms with Crippen LogP contribution in [0.2, 0.25) is 0 Å². The summed E-state index contributed by atoms with van der Waals surface area (Å²) in [4.78, 5) is 2.47. The Hall–Kier alpha value is 0.270. The van der Waals surface area contributed by atoms with Crippen molar-refractivity contribution in [1.82, 2.24) is 10.2 Å². The second kappa shape index (κ2) is 9.32. The molecule has 0 aromatic rings. The van der Waals surface area contributed by atoms with Crippen molar-refractivity contribution in [3.8, 4) is 0 Å². The highest BCUT2D eigenvalue weighted by molar-refractivity contribution is 7.98. The predicted octanol–water partition coefficient (Wildman–Crippen LogP) is 2.70. The topological polar surface area (TPSA) is 15.3 Å². The third-order valence-corrected chi connectivity index (χ3v) is 3.75. The summed E-state index contributed by atoms with van der Waals surface area (Å²) in [5, 5.41) is 3.56. The van der Waals surface area contributed by atoms with Gasteiger partial charge < -0.3 is 10.2 Å². The molecule has 0 bridgehead atoms. The zero-order valence-electron chi connectivity index (χ0n) is 11.8.